The van der Waals surface area contributed by atoms with Gasteiger partial charge in [0, 0.05) is 12.8 Å². The fourth-order valence-corrected chi connectivity index (χ4v) is 1.30. The molecule has 0 unspecified atom stereocenters. The average molecular weight is 155 g/mol. The van der Waals surface area contributed by atoms with E-state index >= 15 is 0 Å². The molecule has 0 saturated heterocycles. The van der Waals surface area contributed by atoms with E-state index in [0.717, 1.165) is 25.9 Å². The van der Waals surface area contributed by atoms with Crippen molar-refractivity contribution < 1.29 is 4.79 Å². The normalized spacial score (nSPS) is 19.0. The van der Waals surface area contributed by atoms with Crippen LogP contribution >= 0.6 is 0 Å². The fourth-order valence-electron chi connectivity index (χ4n) is 1.30. The first-order chi connectivity index (χ1) is 5.18. The molecule has 0 aromatic rings. The zero-order valence-electron chi connectivity index (χ0n) is 7.39. The molecule has 1 aliphatic rings. The van der Waals surface area contributed by atoms with Crippen LogP contribution in [-0.4, -0.2) is 18.9 Å². The Morgan fingerprint density at radius 1 is 1.55 bits per heavy atom. The van der Waals surface area contributed by atoms with Crippen LogP contribution in [0.3, 0.4) is 0 Å². The van der Waals surface area contributed by atoms with E-state index in [0.29, 0.717) is 17.6 Å². The molecule has 2 heteroatoms. The Labute approximate surface area is 68.4 Å². The van der Waals surface area contributed by atoms with Gasteiger partial charge in [-0.25, -0.2) is 0 Å². The molecular weight excluding hydrogens is 138 g/mol. The number of rotatable bonds is 4. The number of Topliss-reactive ketones (excluding diaryl/α,β-unsaturated/α-hetero) is 1. The van der Waals surface area contributed by atoms with Crippen molar-refractivity contribution in [1.82, 2.24) is 5.32 Å². The first kappa shape index (κ1) is 8.72. The van der Waals surface area contributed by atoms with Gasteiger partial charge >= 0.3 is 0 Å². The Morgan fingerprint density at radius 3 is 2.64 bits per heavy atom. The van der Waals surface area contributed by atoms with Gasteiger partial charge in [0.2, 0.25) is 0 Å². The van der Waals surface area contributed by atoms with Gasteiger partial charge in [-0.3, -0.25) is 4.79 Å². The number of hydrogen-bond donors (Lipinski definition) is 1. The lowest BCUT2D eigenvalue weighted by Gasteiger charge is -2.24. The minimum Gasteiger partial charge on any atom is -0.316 e. The van der Waals surface area contributed by atoms with Gasteiger partial charge in [0.15, 0.2) is 0 Å². The molecule has 2 nitrogen and oxygen atoms in total. The van der Waals surface area contributed by atoms with Crippen LogP contribution in [-0.2, 0) is 4.79 Å². The van der Waals surface area contributed by atoms with Gasteiger partial charge in [-0.2, -0.15) is 0 Å². The Morgan fingerprint density at radius 2 is 2.18 bits per heavy atom. The lowest BCUT2D eigenvalue weighted by Crippen LogP contribution is -2.34. The molecule has 0 aliphatic heterocycles. The molecule has 0 aromatic carbocycles. The van der Waals surface area contributed by atoms with Crippen molar-refractivity contribution in [3.05, 3.63) is 0 Å². The van der Waals surface area contributed by atoms with Crippen molar-refractivity contribution in [2.75, 3.05) is 13.1 Å². The lowest BCUT2D eigenvalue weighted by molar-refractivity contribution is -0.126. The van der Waals surface area contributed by atoms with Crippen LogP contribution in [0, 0.1) is 11.8 Å². The quantitative estimate of drug-likeness (QED) is 0.661. The summed E-state index contributed by atoms with van der Waals surface area (Å²) < 4.78 is 0. The third kappa shape index (κ3) is 3.02. The van der Waals surface area contributed by atoms with Crippen LogP contribution in [0.4, 0.5) is 0 Å². The molecule has 1 N–H and O–H groups in total. The summed E-state index contributed by atoms with van der Waals surface area (Å²) in [6, 6.07) is 0. The predicted octanol–water partition coefficient (Wildman–Crippen LogP) is 1.21. The second-order valence-electron chi connectivity index (χ2n) is 3.87. The van der Waals surface area contributed by atoms with Crippen LogP contribution in [0.1, 0.15) is 26.7 Å². The highest BCUT2D eigenvalue weighted by Crippen LogP contribution is 2.21. The first-order valence-corrected chi connectivity index (χ1v) is 4.41. The molecule has 0 radical (unpaired) electrons. The number of nitrogens with one attached hydrogen (secondary N) is 1. The minimum absolute atomic E-state index is 0.432. The zero-order chi connectivity index (χ0) is 8.27. The van der Waals surface area contributed by atoms with Crippen molar-refractivity contribution >= 4 is 5.78 Å². The molecule has 0 amide bonds. The highest BCUT2D eigenvalue weighted by atomic mass is 16.1. The second-order valence-corrected chi connectivity index (χ2v) is 3.87. The molecule has 64 valence electrons. The van der Waals surface area contributed by atoms with Gasteiger partial charge in [0.25, 0.3) is 0 Å². The van der Waals surface area contributed by atoms with E-state index in [-0.39, 0.29) is 0 Å². The molecule has 1 saturated carbocycles. The maximum atomic E-state index is 10.6. The zero-order valence-corrected chi connectivity index (χ0v) is 7.39. The predicted molar refractivity (Wildman–Crippen MR) is 45.4 cm³/mol. The van der Waals surface area contributed by atoms with Gasteiger partial charge in [-0.15, -0.1) is 0 Å². The third-order valence-corrected chi connectivity index (χ3v) is 2.02. The summed E-state index contributed by atoms with van der Waals surface area (Å²) >= 11 is 0. The average Bonchev–Trinajstić information content (AvgIpc) is 1.83. The van der Waals surface area contributed by atoms with Crippen molar-refractivity contribution in [3.8, 4) is 0 Å². The van der Waals surface area contributed by atoms with Crippen molar-refractivity contribution in [1.29, 1.82) is 0 Å². The Bertz CT molecular complexity index is 134. The molecule has 0 aromatic heterocycles. The van der Waals surface area contributed by atoms with Crippen molar-refractivity contribution in [2.45, 2.75) is 26.7 Å². The maximum absolute atomic E-state index is 10.6. The second kappa shape index (κ2) is 3.86. The van der Waals surface area contributed by atoms with Gasteiger partial charge < -0.3 is 5.32 Å². The van der Waals surface area contributed by atoms with E-state index in [4.69, 9.17) is 0 Å². The molecular formula is C9H17NO. The summed E-state index contributed by atoms with van der Waals surface area (Å²) in [5, 5.41) is 3.36. The molecule has 0 heterocycles. The van der Waals surface area contributed by atoms with Crippen LogP contribution < -0.4 is 5.32 Å². The van der Waals surface area contributed by atoms with Crippen LogP contribution in [0.15, 0.2) is 0 Å². The Kier molecular flexibility index (Phi) is 3.06. The van der Waals surface area contributed by atoms with Crippen LogP contribution in [0.25, 0.3) is 0 Å². The number of carbonyl (C=O) groups is 1. The molecule has 0 bridgehead atoms. The van der Waals surface area contributed by atoms with Crippen molar-refractivity contribution in [2.24, 2.45) is 11.8 Å². The van der Waals surface area contributed by atoms with Crippen LogP contribution in [0.5, 0.6) is 0 Å². The summed E-state index contributed by atoms with van der Waals surface area (Å²) in [4.78, 5) is 10.6. The maximum Gasteiger partial charge on any atom is 0.133 e. The van der Waals surface area contributed by atoms with E-state index in [2.05, 4.69) is 19.2 Å². The number of ketones is 1. The van der Waals surface area contributed by atoms with E-state index in [1.54, 1.807) is 0 Å². The van der Waals surface area contributed by atoms with E-state index < -0.39 is 0 Å². The van der Waals surface area contributed by atoms with Crippen molar-refractivity contribution in [3.63, 3.8) is 0 Å². The standard InChI is InChI=1S/C9H17NO/c1-7(2)5-10-6-8-3-9(11)4-8/h7-8,10H,3-6H2,1-2H3. The number of carbonyl (C=O) groups excluding carboxylic acids is 1. The topological polar surface area (TPSA) is 29.1 Å². The van der Waals surface area contributed by atoms with E-state index in [1.807, 2.05) is 0 Å². The third-order valence-electron chi connectivity index (χ3n) is 2.02. The van der Waals surface area contributed by atoms with Gasteiger partial charge in [0.05, 0.1) is 0 Å². The SMILES string of the molecule is CC(C)CNCC1CC(=O)C1. The molecule has 1 fully saturated rings. The summed E-state index contributed by atoms with van der Waals surface area (Å²) in [6.45, 7) is 6.49. The minimum atomic E-state index is 0.432. The molecule has 1 aliphatic carbocycles. The fraction of sp³-hybridized carbons (Fsp3) is 0.889. The van der Waals surface area contributed by atoms with Gasteiger partial charge in [-0.05, 0) is 24.9 Å². The first-order valence-electron chi connectivity index (χ1n) is 4.41. The highest BCUT2D eigenvalue weighted by Gasteiger charge is 2.25. The Hall–Kier alpha value is -0.370. The van der Waals surface area contributed by atoms with Gasteiger partial charge in [0.1, 0.15) is 5.78 Å². The van der Waals surface area contributed by atoms with Crippen LogP contribution in [0.2, 0.25) is 0 Å². The molecule has 11 heavy (non-hydrogen) atoms. The summed E-state index contributed by atoms with van der Waals surface area (Å²) in [5.41, 5.74) is 0. The highest BCUT2D eigenvalue weighted by molar-refractivity contribution is 5.84. The lowest BCUT2D eigenvalue weighted by atomic mass is 9.84. The molecule has 0 spiro atoms. The summed E-state index contributed by atoms with van der Waals surface area (Å²) in [7, 11) is 0. The molecule has 1 rings (SSSR count). The van der Waals surface area contributed by atoms with E-state index in [1.165, 1.54) is 0 Å². The summed E-state index contributed by atoms with van der Waals surface area (Å²) in [6.07, 6.45) is 1.62. The Balaban J connectivity index is 1.92. The monoisotopic (exact) mass is 155 g/mol. The number of hydrogen-bond acceptors (Lipinski definition) is 2. The largest absolute Gasteiger partial charge is 0.316 e. The molecule has 0 atom stereocenters. The summed E-state index contributed by atoms with van der Waals surface area (Å²) in [5.74, 6) is 1.79. The van der Waals surface area contributed by atoms with Gasteiger partial charge in [-0.1, -0.05) is 13.8 Å². The van der Waals surface area contributed by atoms with E-state index in [9.17, 15) is 4.79 Å². The smallest absolute Gasteiger partial charge is 0.133 e.